The maximum atomic E-state index is 12.2. The van der Waals surface area contributed by atoms with E-state index >= 15 is 0 Å². The average Bonchev–Trinajstić information content (AvgIpc) is 3.01. The highest BCUT2D eigenvalue weighted by molar-refractivity contribution is 8.01. The molecule has 7 nitrogen and oxygen atoms in total. The van der Waals surface area contributed by atoms with Gasteiger partial charge < -0.3 is 10.1 Å². The van der Waals surface area contributed by atoms with Crippen LogP contribution in [0.25, 0.3) is 10.2 Å². The Kier molecular flexibility index (Phi) is 5.60. The highest BCUT2D eigenvalue weighted by Gasteiger charge is 2.14. The molecule has 1 amide bonds. The Morgan fingerprint density at radius 1 is 1.38 bits per heavy atom. The van der Waals surface area contributed by atoms with Gasteiger partial charge in [-0.25, -0.2) is 4.98 Å². The Bertz CT molecular complexity index is 993. The summed E-state index contributed by atoms with van der Waals surface area (Å²) in [6.07, 6.45) is 0. The summed E-state index contributed by atoms with van der Waals surface area (Å²) >= 11 is 8.69. The first-order valence-electron chi connectivity index (χ1n) is 7.27. The van der Waals surface area contributed by atoms with E-state index in [4.69, 9.17) is 16.3 Å². The lowest BCUT2D eigenvalue weighted by Crippen LogP contribution is -2.14. The number of hydrogen-bond acceptors (Lipinski definition) is 7. The number of nitrogens with zero attached hydrogens (tertiary/aromatic N) is 2. The van der Waals surface area contributed by atoms with Gasteiger partial charge in [-0.15, -0.1) is 11.3 Å². The second-order valence-corrected chi connectivity index (χ2v) is 7.76. The zero-order valence-corrected chi connectivity index (χ0v) is 15.8. The number of aromatic nitrogens is 1. The number of thiazole rings is 1. The standard InChI is InChI=1S/C16H12ClN3O4S2/c1-24-13-4-3-10(20(22)23)7-11(13)18-15(21)8-25-16-19-12-6-9(17)2-5-14(12)26-16/h2-7H,8H2,1H3,(H,18,21). The Labute approximate surface area is 161 Å². The number of anilines is 1. The summed E-state index contributed by atoms with van der Waals surface area (Å²) in [7, 11) is 1.43. The molecule has 0 radical (unpaired) electrons. The van der Waals surface area contributed by atoms with Crippen molar-refractivity contribution in [1.82, 2.24) is 4.98 Å². The summed E-state index contributed by atoms with van der Waals surface area (Å²) in [5, 5.41) is 14.1. The number of thioether (sulfide) groups is 1. The van der Waals surface area contributed by atoms with Crippen LogP contribution in [0.5, 0.6) is 5.75 Å². The van der Waals surface area contributed by atoms with E-state index in [-0.39, 0.29) is 23.0 Å². The molecule has 1 heterocycles. The number of carbonyl (C=O) groups excluding carboxylic acids is 1. The van der Waals surface area contributed by atoms with Crippen LogP contribution in [-0.4, -0.2) is 28.7 Å². The van der Waals surface area contributed by atoms with Gasteiger partial charge in [-0.3, -0.25) is 14.9 Å². The minimum absolute atomic E-state index is 0.111. The molecular formula is C16H12ClN3O4S2. The van der Waals surface area contributed by atoms with Crippen molar-refractivity contribution in [2.45, 2.75) is 4.34 Å². The number of nitro groups is 1. The van der Waals surface area contributed by atoms with Crippen molar-refractivity contribution < 1.29 is 14.5 Å². The lowest BCUT2D eigenvalue weighted by atomic mass is 10.2. The van der Waals surface area contributed by atoms with Gasteiger partial charge in [0.25, 0.3) is 5.69 Å². The highest BCUT2D eigenvalue weighted by Crippen LogP contribution is 2.32. The predicted molar refractivity (Wildman–Crippen MR) is 104 cm³/mol. The van der Waals surface area contributed by atoms with Crippen LogP contribution in [0.1, 0.15) is 0 Å². The van der Waals surface area contributed by atoms with Crippen molar-refractivity contribution in [3.63, 3.8) is 0 Å². The molecule has 0 aliphatic heterocycles. The maximum absolute atomic E-state index is 12.2. The number of ether oxygens (including phenoxy) is 1. The van der Waals surface area contributed by atoms with Gasteiger partial charge in [0.05, 0.1) is 33.7 Å². The Hall–Kier alpha value is -2.36. The molecule has 0 aliphatic rings. The number of non-ortho nitro benzene ring substituents is 1. The number of hydrogen-bond donors (Lipinski definition) is 1. The molecule has 0 unspecified atom stereocenters. The van der Waals surface area contributed by atoms with Gasteiger partial charge in [-0.2, -0.15) is 0 Å². The van der Waals surface area contributed by atoms with Gasteiger partial charge in [-0.05, 0) is 24.3 Å². The Morgan fingerprint density at radius 2 is 2.19 bits per heavy atom. The predicted octanol–water partition coefficient (Wildman–Crippen LogP) is 4.60. The van der Waals surface area contributed by atoms with E-state index in [9.17, 15) is 14.9 Å². The third-order valence-electron chi connectivity index (χ3n) is 3.32. The first-order chi connectivity index (χ1) is 12.5. The second kappa shape index (κ2) is 7.90. The third-order valence-corrected chi connectivity index (χ3v) is 5.74. The van der Waals surface area contributed by atoms with Gasteiger partial charge in [0, 0.05) is 17.2 Å². The number of carbonyl (C=O) groups is 1. The molecule has 0 spiro atoms. The van der Waals surface area contributed by atoms with E-state index in [1.807, 2.05) is 6.07 Å². The normalized spacial score (nSPS) is 10.7. The monoisotopic (exact) mass is 409 g/mol. The summed E-state index contributed by atoms with van der Waals surface area (Å²) in [5.41, 5.74) is 0.908. The Balaban J connectivity index is 1.68. The van der Waals surface area contributed by atoms with Gasteiger partial charge in [-0.1, -0.05) is 23.4 Å². The lowest BCUT2D eigenvalue weighted by Gasteiger charge is -2.09. The zero-order chi connectivity index (χ0) is 18.7. The highest BCUT2D eigenvalue weighted by atomic mass is 35.5. The third kappa shape index (κ3) is 4.24. The van der Waals surface area contributed by atoms with Crippen molar-refractivity contribution >= 4 is 62.2 Å². The van der Waals surface area contributed by atoms with Crippen LogP contribution in [0.3, 0.4) is 0 Å². The largest absolute Gasteiger partial charge is 0.495 e. The van der Waals surface area contributed by atoms with E-state index < -0.39 is 4.92 Å². The fraction of sp³-hybridized carbons (Fsp3) is 0.125. The van der Waals surface area contributed by atoms with Crippen molar-refractivity contribution in [2.75, 3.05) is 18.2 Å². The first kappa shape index (κ1) is 18.4. The molecule has 3 rings (SSSR count). The van der Waals surface area contributed by atoms with Crippen LogP contribution in [0, 0.1) is 10.1 Å². The van der Waals surface area contributed by atoms with Gasteiger partial charge in [0.15, 0.2) is 4.34 Å². The number of fused-ring (bicyclic) bond motifs is 1. The first-order valence-corrected chi connectivity index (χ1v) is 9.45. The smallest absolute Gasteiger partial charge is 0.271 e. The number of amides is 1. The topological polar surface area (TPSA) is 94.4 Å². The van der Waals surface area contributed by atoms with E-state index in [0.717, 1.165) is 14.6 Å². The summed E-state index contributed by atoms with van der Waals surface area (Å²) in [6, 6.07) is 9.46. The van der Waals surface area contributed by atoms with E-state index in [0.29, 0.717) is 10.8 Å². The lowest BCUT2D eigenvalue weighted by molar-refractivity contribution is -0.384. The van der Waals surface area contributed by atoms with Crippen molar-refractivity contribution in [3.05, 3.63) is 51.5 Å². The van der Waals surface area contributed by atoms with E-state index in [1.165, 1.54) is 48.4 Å². The molecule has 1 aromatic heterocycles. The van der Waals surface area contributed by atoms with Crippen LogP contribution in [-0.2, 0) is 4.79 Å². The van der Waals surface area contributed by atoms with Crippen LogP contribution < -0.4 is 10.1 Å². The van der Waals surface area contributed by atoms with Crippen molar-refractivity contribution in [2.24, 2.45) is 0 Å². The average molecular weight is 410 g/mol. The van der Waals surface area contributed by atoms with Gasteiger partial charge >= 0.3 is 0 Å². The van der Waals surface area contributed by atoms with Gasteiger partial charge in [0.2, 0.25) is 5.91 Å². The number of nitrogens with one attached hydrogen (secondary N) is 1. The molecule has 1 N–H and O–H groups in total. The number of rotatable bonds is 6. The van der Waals surface area contributed by atoms with Crippen molar-refractivity contribution in [3.8, 4) is 5.75 Å². The zero-order valence-electron chi connectivity index (χ0n) is 13.4. The molecule has 0 fully saturated rings. The minimum Gasteiger partial charge on any atom is -0.495 e. The van der Waals surface area contributed by atoms with E-state index in [2.05, 4.69) is 10.3 Å². The summed E-state index contributed by atoms with van der Waals surface area (Å²) in [4.78, 5) is 27.0. The summed E-state index contributed by atoms with van der Waals surface area (Å²) in [6.45, 7) is 0. The van der Waals surface area contributed by atoms with E-state index in [1.54, 1.807) is 12.1 Å². The maximum Gasteiger partial charge on any atom is 0.271 e. The molecule has 0 bridgehead atoms. The van der Waals surface area contributed by atoms with Crippen LogP contribution in [0.15, 0.2) is 40.7 Å². The number of methoxy groups -OCH3 is 1. The molecule has 0 atom stereocenters. The minimum atomic E-state index is -0.532. The van der Waals surface area contributed by atoms with Gasteiger partial charge in [0.1, 0.15) is 5.75 Å². The molecule has 2 aromatic carbocycles. The summed E-state index contributed by atoms with van der Waals surface area (Å²) in [5.74, 6) is 0.147. The van der Waals surface area contributed by atoms with Crippen LogP contribution in [0.2, 0.25) is 5.02 Å². The molecule has 0 saturated heterocycles. The molecule has 10 heteroatoms. The fourth-order valence-corrected chi connectivity index (χ4v) is 4.18. The van der Waals surface area contributed by atoms with Crippen LogP contribution >= 0.6 is 34.7 Å². The Morgan fingerprint density at radius 3 is 2.92 bits per heavy atom. The number of nitro benzene ring substituents is 1. The molecule has 134 valence electrons. The second-order valence-electron chi connectivity index (χ2n) is 5.07. The SMILES string of the molecule is COc1ccc([N+](=O)[O-])cc1NC(=O)CSc1nc2cc(Cl)ccc2s1. The summed E-state index contributed by atoms with van der Waals surface area (Å²) < 4.78 is 6.85. The quantitative estimate of drug-likeness (QED) is 0.363. The van der Waals surface area contributed by atoms with Crippen molar-refractivity contribution in [1.29, 1.82) is 0 Å². The fourth-order valence-electron chi connectivity index (χ4n) is 2.16. The molecule has 26 heavy (non-hydrogen) atoms. The molecule has 0 saturated carbocycles. The molecule has 0 aliphatic carbocycles. The van der Waals surface area contributed by atoms with Crippen LogP contribution in [0.4, 0.5) is 11.4 Å². The number of benzene rings is 2. The molecule has 3 aromatic rings. The molecular weight excluding hydrogens is 398 g/mol. The number of halogens is 1.